The number of aliphatic hydroxyl groups excluding tert-OH is 1. The molecule has 0 radical (unpaired) electrons. The van der Waals surface area contributed by atoms with Gasteiger partial charge < -0.3 is 20.5 Å². The first kappa shape index (κ1) is 21.2. The predicted octanol–water partition coefficient (Wildman–Crippen LogP) is 2.88. The Morgan fingerprint density at radius 2 is 1.93 bits per heavy atom. The number of hydrogen-bond acceptors (Lipinski definition) is 4. The number of aliphatic hydroxyl groups is 1. The molecule has 1 aliphatic heterocycles. The van der Waals surface area contributed by atoms with Crippen molar-refractivity contribution in [3.05, 3.63) is 65.7 Å². The van der Waals surface area contributed by atoms with Crippen molar-refractivity contribution in [2.75, 3.05) is 19.7 Å². The standard InChI is InChI=1S/C21H26N2O3.ClH/c1-2-14-26-18-11-7-6-10-17(18)20(25)23-21(12-13-22-15-19(21)24)16-8-4-3-5-9-16;/h3-11,19,22,24H,2,12-15H2,1H3,(H,23,25);1H/t19-,21-;/m1./s1. The summed E-state index contributed by atoms with van der Waals surface area (Å²) in [4.78, 5) is 13.1. The molecule has 1 amide bonds. The number of para-hydroxylation sites is 1. The number of carbonyl (C=O) groups excluding carboxylic acids is 1. The largest absolute Gasteiger partial charge is 0.493 e. The summed E-state index contributed by atoms with van der Waals surface area (Å²) in [6, 6.07) is 16.9. The van der Waals surface area contributed by atoms with Crippen LogP contribution in [0.15, 0.2) is 54.6 Å². The number of amides is 1. The van der Waals surface area contributed by atoms with Crippen LogP contribution in [-0.2, 0) is 5.54 Å². The maximum atomic E-state index is 13.1. The van der Waals surface area contributed by atoms with Gasteiger partial charge in [-0.15, -0.1) is 12.4 Å². The van der Waals surface area contributed by atoms with E-state index in [1.807, 2.05) is 49.4 Å². The molecule has 1 saturated heterocycles. The lowest BCUT2D eigenvalue weighted by Gasteiger charge is -2.43. The summed E-state index contributed by atoms with van der Waals surface area (Å²) in [5.41, 5.74) is 0.581. The smallest absolute Gasteiger partial charge is 0.255 e. The first-order valence-electron chi connectivity index (χ1n) is 9.16. The number of halogens is 1. The molecular weight excluding hydrogens is 364 g/mol. The molecule has 0 bridgehead atoms. The van der Waals surface area contributed by atoms with Crippen molar-refractivity contribution >= 4 is 18.3 Å². The van der Waals surface area contributed by atoms with Gasteiger partial charge in [0.25, 0.3) is 5.91 Å². The molecular formula is C21H27ClN2O3. The number of nitrogens with one attached hydrogen (secondary N) is 2. The molecule has 0 unspecified atom stereocenters. The summed E-state index contributed by atoms with van der Waals surface area (Å²) >= 11 is 0. The molecule has 3 N–H and O–H groups in total. The van der Waals surface area contributed by atoms with E-state index in [4.69, 9.17) is 4.74 Å². The summed E-state index contributed by atoms with van der Waals surface area (Å²) in [6.45, 7) is 3.74. The molecule has 0 aliphatic carbocycles. The van der Waals surface area contributed by atoms with Crippen LogP contribution in [0.25, 0.3) is 0 Å². The number of benzene rings is 2. The van der Waals surface area contributed by atoms with Gasteiger partial charge >= 0.3 is 0 Å². The van der Waals surface area contributed by atoms with E-state index in [2.05, 4.69) is 10.6 Å². The molecule has 0 aromatic heterocycles. The molecule has 0 spiro atoms. The Balaban J connectivity index is 0.00000261. The number of ether oxygens (including phenoxy) is 1. The van der Waals surface area contributed by atoms with E-state index >= 15 is 0 Å². The molecule has 1 aliphatic rings. The minimum absolute atomic E-state index is 0. The molecule has 1 heterocycles. The number of carbonyl (C=O) groups is 1. The highest BCUT2D eigenvalue weighted by Crippen LogP contribution is 2.32. The second kappa shape index (κ2) is 9.74. The summed E-state index contributed by atoms with van der Waals surface area (Å²) in [7, 11) is 0. The Bertz CT molecular complexity index is 741. The third-order valence-electron chi connectivity index (χ3n) is 4.82. The van der Waals surface area contributed by atoms with Gasteiger partial charge in [0.05, 0.1) is 23.8 Å². The van der Waals surface area contributed by atoms with Crippen LogP contribution in [0.4, 0.5) is 0 Å². The van der Waals surface area contributed by atoms with Crippen LogP contribution in [-0.4, -0.2) is 36.8 Å². The van der Waals surface area contributed by atoms with Crippen LogP contribution in [0.3, 0.4) is 0 Å². The molecule has 5 nitrogen and oxygen atoms in total. The molecule has 1 fully saturated rings. The summed E-state index contributed by atoms with van der Waals surface area (Å²) < 4.78 is 5.73. The average Bonchev–Trinajstić information content (AvgIpc) is 2.69. The molecule has 0 saturated carbocycles. The second-order valence-electron chi connectivity index (χ2n) is 6.61. The minimum Gasteiger partial charge on any atom is -0.493 e. The van der Waals surface area contributed by atoms with Gasteiger partial charge in [0.1, 0.15) is 5.75 Å². The van der Waals surface area contributed by atoms with Gasteiger partial charge in [-0.1, -0.05) is 49.4 Å². The molecule has 3 rings (SSSR count). The van der Waals surface area contributed by atoms with E-state index in [0.29, 0.717) is 30.9 Å². The van der Waals surface area contributed by atoms with Crippen LogP contribution < -0.4 is 15.4 Å². The molecule has 2 atom stereocenters. The third kappa shape index (κ3) is 4.61. The first-order valence-corrected chi connectivity index (χ1v) is 9.16. The first-order chi connectivity index (χ1) is 12.7. The molecule has 2 aromatic rings. The normalized spacial score (nSPS) is 21.8. The summed E-state index contributed by atoms with van der Waals surface area (Å²) in [5, 5.41) is 17.1. The van der Waals surface area contributed by atoms with Gasteiger partial charge in [-0.05, 0) is 37.1 Å². The van der Waals surface area contributed by atoms with E-state index < -0.39 is 11.6 Å². The van der Waals surface area contributed by atoms with Crippen LogP contribution in [0.2, 0.25) is 0 Å². The maximum absolute atomic E-state index is 13.1. The second-order valence-corrected chi connectivity index (χ2v) is 6.61. The zero-order valence-corrected chi connectivity index (χ0v) is 16.3. The topological polar surface area (TPSA) is 70.6 Å². The fourth-order valence-corrected chi connectivity index (χ4v) is 3.42. The molecule has 27 heavy (non-hydrogen) atoms. The lowest BCUT2D eigenvalue weighted by Crippen LogP contribution is -2.61. The fraction of sp³-hybridized carbons (Fsp3) is 0.381. The predicted molar refractivity (Wildman–Crippen MR) is 109 cm³/mol. The minimum atomic E-state index is -0.818. The van der Waals surface area contributed by atoms with Crippen molar-refractivity contribution in [3.8, 4) is 5.75 Å². The van der Waals surface area contributed by atoms with Crippen molar-refractivity contribution < 1.29 is 14.6 Å². The van der Waals surface area contributed by atoms with Crippen LogP contribution in [0.1, 0.15) is 35.7 Å². The maximum Gasteiger partial charge on any atom is 0.255 e. The van der Waals surface area contributed by atoms with Crippen molar-refractivity contribution in [3.63, 3.8) is 0 Å². The van der Waals surface area contributed by atoms with Crippen molar-refractivity contribution in [1.82, 2.24) is 10.6 Å². The molecule has 146 valence electrons. The Morgan fingerprint density at radius 1 is 1.22 bits per heavy atom. The van der Waals surface area contributed by atoms with Crippen LogP contribution in [0.5, 0.6) is 5.75 Å². The van der Waals surface area contributed by atoms with Crippen molar-refractivity contribution in [2.45, 2.75) is 31.4 Å². The van der Waals surface area contributed by atoms with E-state index in [-0.39, 0.29) is 18.3 Å². The van der Waals surface area contributed by atoms with Gasteiger partial charge in [0, 0.05) is 6.54 Å². The highest BCUT2D eigenvalue weighted by atomic mass is 35.5. The van der Waals surface area contributed by atoms with E-state index in [9.17, 15) is 9.90 Å². The quantitative estimate of drug-likeness (QED) is 0.709. The zero-order valence-electron chi connectivity index (χ0n) is 15.5. The fourth-order valence-electron chi connectivity index (χ4n) is 3.42. The monoisotopic (exact) mass is 390 g/mol. The Morgan fingerprint density at radius 3 is 2.63 bits per heavy atom. The van der Waals surface area contributed by atoms with Gasteiger partial charge in [-0.3, -0.25) is 4.79 Å². The summed E-state index contributed by atoms with van der Waals surface area (Å²) in [6.07, 6.45) is 0.766. The zero-order chi connectivity index (χ0) is 18.4. The van der Waals surface area contributed by atoms with E-state index in [1.165, 1.54) is 0 Å². The number of hydrogen-bond donors (Lipinski definition) is 3. The summed E-state index contributed by atoms with van der Waals surface area (Å²) in [5.74, 6) is 0.333. The van der Waals surface area contributed by atoms with Gasteiger partial charge in [0.15, 0.2) is 0 Å². The Kier molecular flexibility index (Phi) is 7.66. The Labute approximate surface area is 166 Å². The van der Waals surface area contributed by atoms with Crippen molar-refractivity contribution in [1.29, 1.82) is 0 Å². The lowest BCUT2D eigenvalue weighted by atomic mass is 9.79. The lowest BCUT2D eigenvalue weighted by molar-refractivity contribution is 0.0288. The van der Waals surface area contributed by atoms with E-state index in [0.717, 1.165) is 18.5 Å². The number of piperidine rings is 1. The van der Waals surface area contributed by atoms with Gasteiger partial charge in [0.2, 0.25) is 0 Å². The third-order valence-corrected chi connectivity index (χ3v) is 4.82. The number of β-amino-alcohol motifs (C(OH)–C–C–N with tert-alkyl or cyclic N) is 1. The van der Waals surface area contributed by atoms with Gasteiger partial charge in [-0.25, -0.2) is 0 Å². The molecule has 6 heteroatoms. The average molecular weight is 391 g/mol. The van der Waals surface area contributed by atoms with E-state index in [1.54, 1.807) is 12.1 Å². The van der Waals surface area contributed by atoms with Crippen LogP contribution >= 0.6 is 12.4 Å². The Hall–Kier alpha value is -2.08. The highest BCUT2D eigenvalue weighted by Gasteiger charge is 2.43. The van der Waals surface area contributed by atoms with Crippen molar-refractivity contribution in [2.24, 2.45) is 0 Å². The van der Waals surface area contributed by atoms with Crippen LogP contribution in [0, 0.1) is 0 Å². The number of rotatable bonds is 6. The highest BCUT2D eigenvalue weighted by molar-refractivity contribution is 5.97. The van der Waals surface area contributed by atoms with Gasteiger partial charge in [-0.2, -0.15) is 0 Å². The SMILES string of the molecule is CCCOc1ccccc1C(=O)N[C@@]1(c2ccccc2)CCNC[C@H]1O.Cl. The molecule has 2 aromatic carbocycles.